The predicted molar refractivity (Wildman–Crippen MR) is 63.5 cm³/mol. The van der Waals surface area contributed by atoms with Crippen LogP contribution >= 0.6 is 11.6 Å². The number of rotatable bonds is 3. The molecule has 92 valence electrons. The van der Waals surface area contributed by atoms with E-state index in [0.717, 1.165) is 32.2 Å². The molecule has 0 aromatic carbocycles. The lowest BCUT2D eigenvalue weighted by molar-refractivity contribution is -0.125. The van der Waals surface area contributed by atoms with Crippen molar-refractivity contribution in [2.24, 2.45) is 11.8 Å². The number of alkyl halides is 1. The van der Waals surface area contributed by atoms with E-state index >= 15 is 0 Å². The smallest absolute Gasteiger partial charge is 0.225 e. The quantitative estimate of drug-likeness (QED) is 0.772. The summed E-state index contributed by atoms with van der Waals surface area (Å²) in [6, 6.07) is 0. The van der Waals surface area contributed by atoms with Crippen LogP contribution in [0.1, 0.15) is 32.6 Å². The standard InChI is InChI=1S/C12H20ClNO2/c1-8-4-10(7-16-8)12(15)14-6-9-2-3-11(13)5-9/h8-11H,2-7H2,1H3,(H,14,15). The van der Waals surface area contributed by atoms with E-state index in [1.54, 1.807) is 0 Å². The average Bonchev–Trinajstić information content (AvgIpc) is 2.84. The van der Waals surface area contributed by atoms with E-state index < -0.39 is 0 Å². The Labute approximate surface area is 102 Å². The predicted octanol–water partition coefficient (Wildman–Crippen LogP) is 1.94. The maximum Gasteiger partial charge on any atom is 0.225 e. The number of halogens is 1. The van der Waals surface area contributed by atoms with Gasteiger partial charge in [0.1, 0.15) is 0 Å². The molecule has 4 heteroatoms. The van der Waals surface area contributed by atoms with E-state index in [9.17, 15) is 4.79 Å². The van der Waals surface area contributed by atoms with Gasteiger partial charge in [-0.25, -0.2) is 0 Å². The summed E-state index contributed by atoms with van der Waals surface area (Å²) in [4.78, 5) is 11.8. The van der Waals surface area contributed by atoms with Crippen LogP contribution in [0.5, 0.6) is 0 Å². The third-order valence-electron chi connectivity index (χ3n) is 3.61. The molecule has 16 heavy (non-hydrogen) atoms. The third-order valence-corrected chi connectivity index (χ3v) is 4.01. The molecule has 1 aliphatic carbocycles. The number of ether oxygens (including phenoxy) is 1. The molecular weight excluding hydrogens is 226 g/mol. The molecule has 0 spiro atoms. The molecule has 1 saturated carbocycles. The van der Waals surface area contributed by atoms with Gasteiger partial charge in [-0.3, -0.25) is 4.79 Å². The number of carbonyl (C=O) groups is 1. The lowest BCUT2D eigenvalue weighted by atomic mass is 10.0. The molecule has 2 rings (SSSR count). The van der Waals surface area contributed by atoms with E-state index in [0.29, 0.717) is 17.9 Å². The number of hydrogen-bond acceptors (Lipinski definition) is 2. The van der Waals surface area contributed by atoms with Crippen LogP contribution in [0.2, 0.25) is 0 Å². The van der Waals surface area contributed by atoms with Crippen LogP contribution in [-0.2, 0) is 9.53 Å². The lowest BCUT2D eigenvalue weighted by Crippen LogP contribution is -2.34. The molecule has 1 saturated heterocycles. The SMILES string of the molecule is CC1CC(C(=O)NCC2CCC(Cl)C2)CO1. The van der Waals surface area contributed by atoms with Gasteiger partial charge in [0.05, 0.1) is 18.6 Å². The Balaban J connectivity index is 1.68. The maximum atomic E-state index is 11.8. The van der Waals surface area contributed by atoms with Crippen LogP contribution in [-0.4, -0.2) is 30.5 Å². The molecule has 2 aliphatic rings. The minimum atomic E-state index is 0.0585. The molecule has 1 amide bonds. The van der Waals surface area contributed by atoms with Crippen molar-refractivity contribution in [2.45, 2.75) is 44.1 Å². The first-order valence-electron chi connectivity index (χ1n) is 6.18. The van der Waals surface area contributed by atoms with Gasteiger partial charge in [0.2, 0.25) is 5.91 Å². The largest absolute Gasteiger partial charge is 0.378 e. The molecule has 4 unspecified atom stereocenters. The third kappa shape index (κ3) is 3.11. The highest BCUT2D eigenvalue weighted by Gasteiger charge is 2.29. The van der Waals surface area contributed by atoms with E-state index in [2.05, 4.69) is 5.32 Å². The summed E-state index contributed by atoms with van der Waals surface area (Å²) in [6.07, 6.45) is 4.36. The van der Waals surface area contributed by atoms with Gasteiger partial charge < -0.3 is 10.1 Å². The van der Waals surface area contributed by atoms with Crippen molar-refractivity contribution in [3.05, 3.63) is 0 Å². The Hall–Kier alpha value is -0.280. The molecule has 1 heterocycles. The van der Waals surface area contributed by atoms with Crippen molar-refractivity contribution in [1.29, 1.82) is 0 Å². The zero-order chi connectivity index (χ0) is 11.5. The van der Waals surface area contributed by atoms with Crippen molar-refractivity contribution in [3.8, 4) is 0 Å². The van der Waals surface area contributed by atoms with Crippen molar-refractivity contribution < 1.29 is 9.53 Å². The van der Waals surface area contributed by atoms with Crippen LogP contribution in [0, 0.1) is 11.8 Å². The zero-order valence-corrected chi connectivity index (χ0v) is 10.5. The Morgan fingerprint density at radius 1 is 1.44 bits per heavy atom. The minimum Gasteiger partial charge on any atom is -0.378 e. The van der Waals surface area contributed by atoms with E-state index in [1.165, 1.54) is 0 Å². The van der Waals surface area contributed by atoms with Crippen LogP contribution in [0.3, 0.4) is 0 Å². The Morgan fingerprint density at radius 3 is 2.81 bits per heavy atom. The van der Waals surface area contributed by atoms with Gasteiger partial charge in [0.25, 0.3) is 0 Å². The van der Waals surface area contributed by atoms with E-state index in [4.69, 9.17) is 16.3 Å². The van der Waals surface area contributed by atoms with Gasteiger partial charge in [-0.15, -0.1) is 11.6 Å². The fourth-order valence-corrected chi connectivity index (χ4v) is 2.97. The molecule has 3 nitrogen and oxygen atoms in total. The summed E-state index contributed by atoms with van der Waals surface area (Å²) in [6.45, 7) is 3.38. The Kier molecular flexibility index (Phi) is 4.09. The van der Waals surface area contributed by atoms with Gasteiger partial charge >= 0.3 is 0 Å². The summed E-state index contributed by atoms with van der Waals surface area (Å²) in [5, 5.41) is 3.35. The highest BCUT2D eigenvalue weighted by Crippen LogP contribution is 2.29. The van der Waals surface area contributed by atoms with Gasteiger partial charge in [-0.1, -0.05) is 0 Å². The molecule has 0 bridgehead atoms. The van der Waals surface area contributed by atoms with Gasteiger partial charge in [-0.05, 0) is 38.5 Å². The van der Waals surface area contributed by atoms with Gasteiger partial charge in [0, 0.05) is 11.9 Å². The van der Waals surface area contributed by atoms with Crippen LogP contribution in [0.4, 0.5) is 0 Å². The molecule has 4 atom stereocenters. The summed E-state index contributed by atoms with van der Waals surface area (Å²) in [7, 11) is 0. The first-order valence-corrected chi connectivity index (χ1v) is 6.62. The normalized spacial score (nSPS) is 38.9. The van der Waals surface area contributed by atoms with E-state index in [-0.39, 0.29) is 17.9 Å². The molecule has 0 aromatic heterocycles. The van der Waals surface area contributed by atoms with Gasteiger partial charge in [-0.2, -0.15) is 0 Å². The minimum absolute atomic E-state index is 0.0585. The highest BCUT2D eigenvalue weighted by molar-refractivity contribution is 6.20. The summed E-state index contributed by atoms with van der Waals surface area (Å²) in [5.74, 6) is 0.789. The van der Waals surface area contributed by atoms with Crippen LogP contribution in [0.25, 0.3) is 0 Å². The van der Waals surface area contributed by atoms with Crippen molar-refractivity contribution in [1.82, 2.24) is 5.32 Å². The molecule has 0 aromatic rings. The maximum absolute atomic E-state index is 11.8. The number of hydrogen-bond donors (Lipinski definition) is 1. The number of amides is 1. The molecular formula is C12H20ClNO2. The first kappa shape index (κ1) is 12.2. The van der Waals surface area contributed by atoms with Crippen molar-refractivity contribution >= 4 is 17.5 Å². The summed E-state index contributed by atoms with van der Waals surface area (Å²) >= 11 is 6.04. The topological polar surface area (TPSA) is 38.3 Å². The zero-order valence-electron chi connectivity index (χ0n) is 9.75. The van der Waals surface area contributed by atoms with E-state index in [1.807, 2.05) is 6.92 Å². The molecule has 1 N–H and O–H groups in total. The molecule has 2 fully saturated rings. The fourth-order valence-electron chi connectivity index (χ4n) is 2.59. The first-order chi connectivity index (χ1) is 7.65. The second-order valence-electron chi connectivity index (χ2n) is 5.10. The van der Waals surface area contributed by atoms with Gasteiger partial charge in [0.15, 0.2) is 0 Å². The molecule has 1 aliphatic heterocycles. The number of carbonyl (C=O) groups excluding carboxylic acids is 1. The second-order valence-corrected chi connectivity index (χ2v) is 5.72. The fraction of sp³-hybridized carbons (Fsp3) is 0.917. The van der Waals surface area contributed by atoms with Crippen molar-refractivity contribution in [3.63, 3.8) is 0 Å². The summed E-state index contributed by atoms with van der Waals surface area (Å²) in [5.41, 5.74) is 0. The summed E-state index contributed by atoms with van der Waals surface area (Å²) < 4.78 is 5.39. The average molecular weight is 246 g/mol. The van der Waals surface area contributed by atoms with Crippen molar-refractivity contribution in [2.75, 3.05) is 13.2 Å². The second kappa shape index (κ2) is 5.37. The highest BCUT2D eigenvalue weighted by atomic mass is 35.5. The lowest BCUT2D eigenvalue weighted by Gasteiger charge is -2.13. The monoisotopic (exact) mass is 245 g/mol. The number of nitrogens with one attached hydrogen (secondary N) is 1. The molecule has 0 radical (unpaired) electrons. The Morgan fingerprint density at radius 2 is 2.25 bits per heavy atom. The van der Waals surface area contributed by atoms with Crippen LogP contribution < -0.4 is 5.32 Å². The Bertz CT molecular complexity index is 259. The van der Waals surface area contributed by atoms with Crippen LogP contribution in [0.15, 0.2) is 0 Å².